The molecule has 104 valence electrons. The molecule has 1 rings (SSSR count). The average molecular weight is 349 g/mol. The molecular weight excluding hydrogens is 334 g/mol. The van der Waals surface area contributed by atoms with Crippen molar-refractivity contribution in [2.75, 3.05) is 6.54 Å². The van der Waals surface area contributed by atoms with E-state index >= 15 is 0 Å². The van der Waals surface area contributed by atoms with Crippen LogP contribution >= 0.6 is 27.5 Å². The molecule has 0 spiro atoms. The van der Waals surface area contributed by atoms with E-state index in [1.54, 1.807) is 26.0 Å². The first kappa shape index (κ1) is 16.0. The topological polar surface area (TPSA) is 66.4 Å². The summed E-state index contributed by atoms with van der Waals surface area (Å²) in [6, 6.07) is 4.83. The Balaban J connectivity index is 2.69. The zero-order valence-corrected chi connectivity index (χ0v) is 13.0. The molecule has 19 heavy (non-hydrogen) atoms. The van der Waals surface area contributed by atoms with Crippen LogP contribution in [0.5, 0.6) is 0 Å². The van der Waals surface area contributed by atoms with Gasteiger partial charge in [0.2, 0.25) is 0 Å². The zero-order valence-electron chi connectivity index (χ0n) is 10.6. The second-order valence-corrected chi connectivity index (χ2v) is 5.79. The molecule has 0 aromatic heterocycles. The number of nitrogens with one attached hydrogen (secondary N) is 1. The SMILES string of the molecule is CC(C)C(CNC(=O)c1ccc(Br)c(Cl)c1)C(=O)O. The first-order valence-electron chi connectivity index (χ1n) is 5.79. The van der Waals surface area contributed by atoms with Crippen molar-refractivity contribution in [3.8, 4) is 0 Å². The summed E-state index contributed by atoms with van der Waals surface area (Å²) in [7, 11) is 0. The van der Waals surface area contributed by atoms with E-state index in [-0.39, 0.29) is 18.4 Å². The summed E-state index contributed by atoms with van der Waals surface area (Å²) in [4.78, 5) is 22.9. The van der Waals surface area contributed by atoms with Crippen LogP contribution < -0.4 is 5.32 Å². The highest BCUT2D eigenvalue weighted by Crippen LogP contribution is 2.23. The molecular formula is C13H15BrClNO3. The van der Waals surface area contributed by atoms with Crippen LogP contribution in [0.1, 0.15) is 24.2 Å². The van der Waals surface area contributed by atoms with Gasteiger partial charge in [-0.3, -0.25) is 9.59 Å². The monoisotopic (exact) mass is 347 g/mol. The van der Waals surface area contributed by atoms with E-state index in [2.05, 4.69) is 21.2 Å². The molecule has 0 saturated carbocycles. The summed E-state index contributed by atoms with van der Waals surface area (Å²) in [5.74, 6) is -1.90. The average Bonchev–Trinajstić information content (AvgIpc) is 2.31. The smallest absolute Gasteiger partial charge is 0.308 e. The maximum absolute atomic E-state index is 11.9. The minimum Gasteiger partial charge on any atom is -0.481 e. The number of hydrogen-bond acceptors (Lipinski definition) is 2. The fourth-order valence-electron chi connectivity index (χ4n) is 1.55. The van der Waals surface area contributed by atoms with Gasteiger partial charge in [0.1, 0.15) is 0 Å². The van der Waals surface area contributed by atoms with E-state index < -0.39 is 11.9 Å². The van der Waals surface area contributed by atoms with Crippen molar-refractivity contribution >= 4 is 39.4 Å². The number of hydrogen-bond donors (Lipinski definition) is 2. The molecule has 1 aromatic carbocycles. The molecule has 1 amide bonds. The van der Waals surface area contributed by atoms with Gasteiger partial charge >= 0.3 is 5.97 Å². The highest BCUT2D eigenvalue weighted by atomic mass is 79.9. The molecule has 1 atom stereocenters. The van der Waals surface area contributed by atoms with Crippen molar-refractivity contribution in [3.05, 3.63) is 33.3 Å². The van der Waals surface area contributed by atoms with Crippen molar-refractivity contribution in [2.24, 2.45) is 11.8 Å². The van der Waals surface area contributed by atoms with E-state index in [4.69, 9.17) is 16.7 Å². The van der Waals surface area contributed by atoms with Crippen molar-refractivity contribution in [1.82, 2.24) is 5.32 Å². The van der Waals surface area contributed by atoms with Crippen LogP contribution in [0.25, 0.3) is 0 Å². The van der Waals surface area contributed by atoms with Gasteiger partial charge in [-0.2, -0.15) is 0 Å². The Kier molecular flexibility index (Phi) is 5.82. The molecule has 4 nitrogen and oxygen atoms in total. The first-order valence-corrected chi connectivity index (χ1v) is 6.96. The molecule has 0 aliphatic rings. The minimum atomic E-state index is -0.913. The molecule has 0 aliphatic carbocycles. The fraction of sp³-hybridized carbons (Fsp3) is 0.385. The van der Waals surface area contributed by atoms with E-state index in [1.165, 1.54) is 6.07 Å². The lowest BCUT2D eigenvalue weighted by Crippen LogP contribution is -2.35. The summed E-state index contributed by atoms with van der Waals surface area (Å²) in [6.45, 7) is 3.71. The van der Waals surface area contributed by atoms with E-state index in [0.29, 0.717) is 15.1 Å². The fourth-order valence-corrected chi connectivity index (χ4v) is 1.98. The number of aliphatic carboxylic acids is 1. The summed E-state index contributed by atoms with van der Waals surface area (Å²) in [5.41, 5.74) is 0.404. The number of rotatable bonds is 5. The van der Waals surface area contributed by atoms with Gasteiger partial charge in [0, 0.05) is 16.6 Å². The highest BCUT2D eigenvalue weighted by Gasteiger charge is 2.22. The van der Waals surface area contributed by atoms with Gasteiger partial charge in [-0.1, -0.05) is 25.4 Å². The first-order chi connectivity index (χ1) is 8.82. The van der Waals surface area contributed by atoms with E-state index in [9.17, 15) is 9.59 Å². The number of amides is 1. The Morgan fingerprint density at radius 1 is 1.42 bits per heavy atom. The molecule has 0 aliphatic heterocycles. The predicted octanol–water partition coefficient (Wildman–Crippen LogP) is 3.19. The van der Waals surface area contributed by atoms with Gasteiger partial charge in [-0.25, -0.2) is 0 Å². The lowest BCUT2D eigenvalue weighted by atomic mass is 9.96. The van der Waals surface area contributed by atoms with E-state index in [1.807, 2.05) is 0 Å². The maximum Gasteiger partial charge on any atom is 0.308 e. The minimum absolute atomic E-state index is 0.0497. The number of benzene rings is 1. The summed E-state index contributed by atoms with van der Waals surface area (Å²) < 4.78 is 0.705. The molecule has 0 saturated heterocycles. The molecule has 0 fully saturated rings. The Labute approximate surface area is 125 Å². The molecule has 0 radical (unpaired) electrons. The van der Waals surface area contributed by atoms with Crippen LogP contribution in [0.4, 0.5) is 0 Å². The number of carbonyl (C=O) groups is 2. The Hall–Kier alpha value is -1.07. The van der Waals surface area contributed by atoms with Gasteiger partial charge in [0.15, 0.2) is 0 Å². The van der Waals surface area contributed by atoms with Crippen LogP contribution in [-0.4, -0.2) is 23.5 Å². The van der Waals surface area contributed by atoms with Crippen molar-refractivity contribution in [2.45, 2.75) is 13.8 Å². The standard InChI is InChI=1S/C13H15BrClNO3/c1-7(2)9(13(18)19)6-16-12(17)8-3-4-10(14)11(15)5-8/h3-5,7,9H,6H2,1-2H3,(H,16,17)(H,18,19). The van der Waals surface area contributed by atoms with Crippen LogP contribution in [-0.2, 0) is 4.79 Å². The Bertz CT molecular complexity index is 491. The summed E-state index contributed by atoms with van der Waals surface area (Å²) in [5, 5.41) is 12.1. The number of halogens is 2. The Morgan fingerprint density at radius 2 is 2.05 bits per heavy atom. The Morgan fingerprint density at radius 3 is 2.53 bits per heavy atom. The molecule has 6 heteroatoms. The molecule has 2 N–H and O–H groups in total. The van der Waals surface area contributed by atoms with Gasteiger partial charge in [-0.15, -0.1) is 0 Å². The van der Waals surface area contributed by atoms with E-state index in [0.717, 1.165) is 0 Å². The van der Waals surface area contributed by atoms with Crippen LogP contribution in [0.2, 0.25) is 5.02 Å². The largest absolute Gasteiger partial charge is 0.481 e. The van der Waals surface area contributed by atoms with Gasteiger partial charge < -0.3 is 10.4 Å². The normalized spacial score (nSPS) is 12.3. The molecule has 0 bridgehead atoms. The van der Waals surface area contributed by atoms with Crippen LogP contribution in [0.3, 0.4) is 0 Å². The van der Waals surface area contributed by atoms with Crippen molar-refractivity contribution < 1.29 is 14.7 Å². The van der Waals surface area contributed by atoms with Crippen molar-refractivity contribution in [3.63, 3.8) is 0 Å². The van der Waals surface area contributed by atoms with Gasteiger partial charge in [-0.05, 0) is 40.0 Å². The third-order valence-corrected chi connectivity index (χ3v) is 4.02. The maximum atomic E-state index is 11.9. The van der Waals surface area contributed by atoms with Crippen LogP contribution in [0.15, 0.2) is 22.7 Å². The third-order valence-electron chi connectivity index (χ3n) is 2.79. The van der Waals surface area contributed by atoms with Crippen LogP contribution in [0, 0.1) is 11.8 Å². The highest BCUT2D eigenvalue weighted by molar-refractivity contribution is 9.10. The lowest BCUT2D eigenvalue weighted by Gasteiger charge is -2.16. The lowest BCUT2D eigenvalue weighted by molar-refractivity contribution is -0.142. The summed E-state index contributed by atoms with van der Waals surface area (Å²) in [6.07, 6.45) is 0. The molecule has 1 aromatic rings. The van der Waals surface area contributed by atoms with Gasteiger partial charge in [0.05, 0.1) is 10.9 Å². The number of carboxylic acid groups (broad SMARTS) is 1. The second kappa shape index (κ2) is 6.91. The van der Waals surface area contributed by atoms with Crippen molar-refractivity contribution in [1.29, 1.82) is 0 Å². The predicted molar refractivity (Wildman–Crippen MR) is 77.4 cm³/mol. The third kappa shape index (κ3) is 4.51. The zero-order chi connectivity index (χ0) is 14.6. The van der Waals surface area contributed by atoms with Gasteiger partial charge in [0.25, 0.3) is 5.91 Å². The number of carbonyl (C=O) groups excluding carboxylic acids is 1. The molecule has 0 heterocycles. The quantitative estimate of drug-likeness (QED) is 0.859. The molecule has 1 unspecified atom stereocenters. The number of carboxylic acids is 1. The summed E-state index contributed by atoms with van der Waals surface area (Å²) >= 11 is 9.14. The second-order valence-electron chi connectivity index (χ2n) is 4.53.